The highest BCUT2D eigenvalue weighted by Crippen LogP contribution is 2.18. The van der Waals surface area contributed by atoms with Gasteiger partial charge in [-0.1, -0.05) is 5.16 Å². The molecule has 5 heteroatoms. The number of hydrogen-bond acceptors (Lipinski definition) is 5. The van der Waals surface area contributed by atoms with E-state index in [4.69, 9.17) is 9.63 Å². The van der Waals surface area contributed by atoms with Crippen molar-refractivity contribution in [2.45, 2.75) is 26.3 Å². The molecular weight excluding hydrogens is 242 g/mol. The molecule has 1 aliphatic rings. The summed E-state index contributed by atoms with van der Waals surface area (Å²) in [4.78, 5) is 4.67. The number of aliphatic hydroxyl groups is 1. The summed E-state index contributed by atoms with van der Waals surface area (Å²) < 4.78 is 5.09. The van der Waals surface area contributed by atoms with Crippen molar-refractivity contribution in [2.24, 2.45) is 5.92 Å². The molecule has 0 bridgehead atoms. The van der Waals surface area contributed by atoms with Crippen molar-refractivity contribution in [2.75, 3.05) is 39.8 Å². The van der Waals surface area contributed by atoms with Gasteiger partial charge in [0.2, 0.25) is 0 Å². The molecule has 2 heterocycles. The molecule has 0 aromatic carbocycles. The van der Waals surface area contributed by atoms with Crippen LogP contribution in [-0.4, -0.2) is 59.9 Å². The molecule has 0 amide bonds. The minimum Gasteiger partial charge on any atom is -0.395 e. The van der Waals surface area contributed by atoms with Crippen molar-refractivity contribution in [1.82, 2.24) is 15.0 Å². The number of piperidine rings is 1. The van der Waals surface area contributed by atoms with Crippen LogP contribution >= 0.6 is 0 Å². The van der Waals surface area contributed by atoms with Crippen molar-refractivity contribution >= 4 is 0 Å². The first kappa shape index (κ1) is 14.5. The van der Waals surface area contributed by atoms with Gasteiger partial charge in [-0.15, -0.1) is 0 Å². The Morgan fingerprint density at radius 1 is 1.47 bits per heavy atom. The normalized spacial score (nSPS) is 18.3. The van der Waals surface area contributed by atoms with E-state index in [1.807, 2.05) is 13.0 Å². The fourth-order valence-electron chi connectivity index (χ4n) is 2.81. The maximum absolute atomic E-state index is 8.93. The Labute approximate surface area is 115 Å². The van der Waals surface area contributed by atoms with Gasteiger partial charge in [0.1, 0.15) is 5.76 Å². The lowest BCUT2D eigenvalue weighted by molar-refractivity contribution is 0.128. The molecule has 0 atom stereocenters. The summed E-state index contributed by atoms with van der Waals surface area (Å²) in [5.74, 6) is 1.63. The van der Waals surface area contributed by atoms with Crippen molar-refractivity contribution in [3.8, 4) is 0 Å². The summed E-state index contributed by atoms with van der Waals surface area (Å²) in [5, 5.41) is 13.0. The third-order valence-electron chi connectivity index (χ3n) is 3.80. The Kier molecular flexibility index (Phi) is 5.36. The van der Waals surface area contributed by atoms with E-state index in [1.54, 1.807) is 0 Å². The van der Waals surface area contributed by atoms with Crippen LogP contribution in [0.15, 0.2) is 10.6 Å². The molecule has 1 saturated heterocycles. The van der Waals surface area contributed by atoms with E-state index in [2.05, 4.69) is 22.0 Å². The van der Waals surface area contributed by atoms with Gasteiger partial charge < -0.3 is 19.4 Å². The van der Waals surface area contributed by atoms with Crippen LogP contribution in [0.5, 0.6) is 0 Å². The van der Waals surface area contributed by atoms with Gasteiger partial charge in [-0.05, 0) is 45.8 Å². The zero-order valence-corrected chi connectivity index (χ0v) is 12.0. The third-order valence-corrected chi connectivity index (χ3v) is 3.80. The fourth-order valence-corrected chi connectivity index (χ4v) is 2.81. The molecule has 5 nitrogen and oxygen atoms in total. The van der Waals surface area contributed by atoms with Gasteiger partial charge in [-0.2, -0.15) is 0 Å². The SMILES string of the molecule is Cc1cc(CN(C)CC2CCN(CCO)CC2)no1. The van der Waals surface area contributed by atoms with E-state index < -0.39 is 0 Å². The third kappa shape index (κ3) is 4.60. The van der Waals surface area contributed by atoms with Crippen LogP contribution < -0.4 is 0 Å². The molecule has 0 spiro atoms. The predicted molar refractivity (Wildman–Crippen MR) is 73.8 cm³/mol. The van der Waals surface area contributed by atoms with Gasteiger partial charge >= 0.3 is 0 Å². The van der Waals surface area contributed by atoms with Crippen LogP contribution in [0.1, 0.15) is 24.3 Å². The lowest BCUT2D eigenvalue weighted by Crippen LogP contribution is -2.38. The standard InChI is InChI=1S/C14H25N3O2/c1-12-9-14(15-19-12)11-16(2)10-13-3-5-17(6-4-13)7-8-18/h9,13,18H,3-8,10-11H2,1-2H3. The summed E-state index contributed by atoms with van der Waals surface area (Å²) >= 11 is 0. The van der Waals surface area contributed by atoms with Crippen molar-refractivity contribution in [3.05, 3.63) is 17.5 Å². The van der Waals surface area contributed by atoms with Crippen LogP contribution in [0.25, 0.3) is 0 Å². The summed E-state index contributed by atoms with van der Waals surface area (Å²) in [6, 6.07) is 2.00. The number of aryl methyl sites for hydroxylation is 1. The molecule has 19 heavy (non-hydrogen) atoms. The first-order valence-electron chi connectivity index (χ1n) is 7.11. The molecule has 1 aromatic heterocycles. The Morgan fingerprint density at radius 2 is 2.21 bits per heavy atom. The second kappa shape index (κ2) is 7.03. The van der Waals surface area contributed by atoms with Crippen LogP contribution in [0.4, 0.5) is 0 Å². The fraction of sp³-hybridized carbons (Fsp3) is 0.786. The van der Waals surface area contributed by atoms with Crippen LogP contribution in [0.2, 0.25) is 0 Å². The van der Waals surface area contributed by atoms with Crippen LogP contribution in [-0.2, 0) is 6.54 Å². The predicted octanol–water partition coefficient (Wildman–Crippen LogP) is 1.12. The average Bonchev–Trinajstić information content (AvgIpc) is 2.77. The topological polar surface area (TPSA) is 52.7 Å². The molecule has 1 N–H and O–H groups in total. The van der Waals surface area contributed by atoms with E-state index in [0.29, 0.717) is 0 Å². The number of β-amino-alcohol motifs (C(OH)–C–C–N with tert-alkyl or cyclic N) is 1. The minimum atomic E-state index is 0.274. The first-order chi connectivity index (χ1) is 9.17. The van der Waals surface area contributed by atoms with Gasteiger partial charge in [0.05, 0.1) is 12.3 Å². The monoisotopic (exact) mass is 267 g/mol. The van der Waals surface area contributed by atoms with E-state index in [9.17, 15) is 0 Å². The van der Waals surface area contributed by atoms with Crippen LogP contribution in [0, 0.1) is 12.8 Å². The van der Waals surface area contributed by atoms with E-state index >= 15 is 0 Å². The Bertz CT molecular complexity index is 373. The summed E-state index contributed by atoms with van der Waals surface area (Å²) in [6.45, 7) is 7.21. The second-order valence-electron chi connectivity index (χ2n) is 5.63. The molecule has 108 valence electrons. The molecule has 0 saturated carbocycles. The van der Waals surface area contributed by atoms with Gasteiger partial charge in [-0.25, -0.2) is 0 Å². The van der Waals surface area contributed by atoms with Crippen molar-refractivity contribution in [3.63, 3.8) is 0 Å². The number of hydrogen-bond donors (Lipinski definition) is 1. The maximum atomic E-state index is 8.93. The lowest BCUT2D eigenvalue weighted by Gasteiger charge is -2.33. The smallest absolute Gasteiger partial charge is 0.133 e. The summed E-state index contributed by atoms with van der Waals surface area (Å²) in [6.07, 6.45) is 2.45. The van der Waals surface area contributed by atoms with Gasteiger partial charge in [0.25, 0.3) is 0 Å². The van der Waals surface area contributed by atoms with Crippen molar-refractivity contribution < 1.29 is 9.63 Å². The summed E-state index contributed by atoms with van der Waals surface area (Å²) in [5.41, 5.74) is 1.01. The largest absolute Gasteiger partial charge is 0.395 e. The Hall–Kier alpha value is -0.910. The molecule has 2 rings (SSSR count). The Morgan fingerprint density at radius 3 is 2.79 bits per heavy atom. The highest BCUT2D eigenvalue weighted by atomic mass is 16.5. The molecular formula is C14H25N3O2. The molecule has 1 fully saturated rings. The lowest BCUT2D eigenvalue weighted by atomic mass is 9.96. The highest BCUT2D eigenvalue weighted by Gasteiger charge is 2.20. The minimum absolute atomic E-state index is 0.274. The number of likely N-dealkylation sites (tertiary alicyclic amines) is 1. The van der Waals surface area contributed by atoms with E-state index in [1.165, 1.54) is 12.8 Å². The van der Waals surface area contributed by atoms with Gasteiger partial charge in [-0.3, -0.25) is 0 Å². The molecule has 0 aliphatic carbocycles. The highest BCUT2D eigenvalue weighted by molar-refractivity contribution is 5.03. The molecule has 0 radical (unpaired) electrons. The molecule has 0 unspecified atom stereocenters. The average molecular weight is 267 g/mol. The van der Waals surface area contributed by atoms with Crippen molar-refractivity contribution in [1.29, 1.82) is 0 Å². The number of rotatable bonds is 6. The molecule has 1 aliphatic heterocycles. The number of nitrogens with zero attached hydrogens (tertiary/aromatic N) is 3. The van der Waals surface area contributed by atoms with Crippen LogP contribution in [0.3, 0.4) is 0 Å². The number of aliphatic hydroxyl groups excluding tert-OH is 1. The number of aromatic nitrogens is 1. The zero-order chi connectivity index (χ0) is 13.7. The second-order valence-corrected chi connectivity index (χ2v) is 5.63. The maximum Gasteiger partial charge on any atom is 0.133 e. The summed E-state index contributed by atoms with van der Waals surface area (Å²) in [7, 11) is 2.14. The van der Waals surface area contributed by atoms with E-state index in [-0.39, 0.29) is 6.61 Å². The zero-order valence-electron chi connectivity index (χ0n) is 12.0. The van der Waals surface area contributed by atoms with Gasteiger partial charge in [0, 0.05) is 25.7 Å². The first-order valence-corrected chi connectivity index (χ1v) is 7.11. The Balaban J connectivity index is 1.70. The van der Waals surface area contributed by atoms with Gasteiger partial charge in [0.15, 0.2) is 0 Å². The quantitative estimate of drug-likeness (QED) is 0.837. The molecule has 1 aromatic rings. The van der Waals surface area contributed by atoms with E-state index in [0.717, 1.165) is 50.1 Å².